The molecule has 0 atom stereocenters. The van der Waals surface area contributed by atoms with E-state index in [4.69, 9.17) is 4.74 Å². The third-order valence-corrected chi connectivity index (χ3v) is 5.49. The van der Waals surface area contributed by atoms with Crippen molar-refractivity contribution in [2.24, 2.45) is 5.92 Å². The predicted octanol–water partition coefficient (Wildman–Crippen LogP) is 2.94. The molecule has 2 aromatic carbocycles. The molecule has 2 aliphatic heterocycles. The highest BCUT2D eigenvalue weighted by Gasteiger charge is 2.30. The first-order chi connectivity index (χ1) is 13.2. The van der Waals surface area contributed by atoms with Crippen LogP contribution in [0.3, 0.4) is 0 Å². The Labute approximate surface area is 159 Å². The number of piperidine rings is 1. The lowest BCUT2D eigenvalue weighted by molar-refractivity contribution is -0.140. The van der Waals surface area contributed by atoms with Crippen molar-refractivity contribution in [3.63, 3.8) is 0 Å². The average molecular weight is 367 g/mol. The largest absolute Gasteiger partial charge is 0.378 e. The summed E-state index contributed by atoms with van der Waals surface area (Å²) in [5, 5.41) is 5.17. The van der Waals surface area contributed by atoms with Crippen LogP contribution in [0.5, 0.6) is 0 Å². The summed E-state index contributed by atoms with van der Waals surface area (Å²) in [6.45, 7) is 3.83. The number of nitrogens with one attached hydrogen (secondary N) is 1. The maximum Gasteiger partial charge on any atom is 0.321 e. The number of carbonyl (C=O) groups excluding carboxylic acids is 2. The van der Waals surface area contributed by atoms with Crippen molar-refractivity contribution in [3.8, 4) is 0 Å². The molecule has 6 nitrogen and oxygen atoms in total. The number of carbonyl (C=O) groups is 2. The number of urea groups is 1. The zero-order valence-electron chi connectivity index (χ0n) is 15.4. The predicted molar refractivity (Wildman–Crippen MR) is 105 cm³/mol. The molecular formula is C21H25N3O3. The van der Waals surface area contributed by atoms with Gasteiger partial charge < -0.3 is 19.9 Å². The fraction of sp³-hybridized carbons (Fsp3) is 0.429. The van der Waals surface area contributed by atoms with Crippen molar-refractivity contribution < 1.29 is 14.3 Å². The van der Waals surface area contributed by atoms with E-state index in [0.717, 1.165) is 29.3 Å². The highest BCUT2D eigenvalue weighted by atomic mass is 16.5. The van der Waals surface area contributed by atoms with Gasteiger partial charge in [-0.25, -0.2) is 4.79 Å². The third kappa shape index (κ3) is 3.90. The number of fused-ring (bicyclic) bond motifs is 1. The Morgan fingerprint density at radius 1 is 0.889 bits per heavy atom. The number of benzene rings is 2. The Kier molecular flexibility index (Phi) is 5.25. The Morgan fingerprint density at radius 3 is 2.37 bits per heavy atom. The molecule has 27 heavy (non-hydrogen) atoms. The molecule has 0 aromatic heterocycles. The maximum absolute atomic E-state index is 12.7. The van der Waals surface area contributed by atoms with Gasteiger partial charge >= 0.3 is 6.03 Å². The average Bonchev–Trinajstić information content (AvgIpc) is 2.74. The van der Waals surface area contributed by atoms with Gasteiger partial charge in [0.1, 0.15) is 0 Å². The fourth-order valence-electron chi connectivity index (χ4n) is 3.90. The van der Waals surface area contributed by atoms with E-state index in [9.17, 15) is 9.59 Å². The monoisotopic (exact) mass is 367 g/mol. The number of amides is 3. The molecule has 0 unspecified atom stereocenters. The van der Waals surface area contributed by atoms with Crippen molar-refractivity contribution in [3.05, 3.63) is 42.5 Å². The first kappa shape index (κ1) is 17.8. The number of ether oxygens (including phenoxy) is 1. The molecule has 1 N–H and O–H groups in total. The van der Waals surface area contributed by atoms with Crippen LogP contribution in [0.25, 0.3) is 10.8 Å². The summed E-state index contributed by atoms with van der Waals surface area (Å²) in [7, 11) is 0. The van der Waals surface area contributed by atoms with Crippen LogP contribution in [0, 0.1) is 5.92 Å². The van der Waals surface area contributed by atoms with Gasteiger partial charge in [-0.2, -0.15) is 0 Å². The van der Waals surface area contributed by atoms with E-state index in [0.29, 0.717) is 39.4 Å². The van der Waals surface area contributed by atoms with Crippen LogP contribution in [0.1, 0.15) is 12.8 Å². The van der Waals surface area contributed by atoms with Gasteiger partial charge in [0, 0.05) is 37.5 Å². The molecule has 2 fully saturated rings. The number of rotatable bonds is 2. The van der Waals surface area contributed by atoms with Gasteiger partial charge in [-0.05, 0) is 24.3 Å². The molecule has 0 aliphatic carbocycles. The normalized spacial score (nSPS) is 18.5. The first-order valence-corrected chi connectivity index (χ1v) is 9.62. The molecule has 0 radical (unpaired) electrons. The van der Waals surface area contributed by atoms with E-state index in [-0.39, 0.29) is 17.9 Å². The molecule has 0 bridgehead atoms. The minimum atomic E-state index is -0.0939. The van der Waals surface area contributed by atoms with Gasteiger partial charge in [0.15, 0.2) is 0 Å². The molecule has 2 saturated heterocycles. The second-order valence-corrected chi connectivity index (χ2v) is 7.16. The molecule has 2 heterocycles. The SMILES string of the molecule is O=C(Nc1cccc2ccccc12)N1CCC(C(=O)N2CCOCC2)CC1. The van der Waals surface area contributed by atoms with Gasteiger partial charge in [-0.1, -0.05) is 36.4 Å². The summed E-state index contributed by atoms with van der Waals surface area (Å²) < 4.78 is 5.32. The highest BCUT2D eigenvalue weighted by Crippen LogP contribution is 2.25. The summed E-state index contributed by atoms with van der Waals surface area (Å²) in [5.74, 6) is 0.233. The molecule has 142 valence electrons. The second-order valence-electron chi connectivity index (χ2n) is 7.16. The minimum Gasteiger partial charge on any atom is -0.378 e. The standard InChI is InChI=1S/C21H25N3O3/c25-20(23-12-14-27-15-13-23)17-8-10-24(11-9-17)21(26)22-19-7-3-5-16-4-1-2-6-18(16)19/h1-7,17H,8-15H2,(H,22,26). The molecule has 4 rings (SSSR count). The van der Waals surface area contributed by atoms with Crippen molar-refractivity contribution in [2.75, 3.05) is 44.7 Å². The molecule has 0 saturated carbocycles. The number of hydrogen-bond acceptors (Lipinski definition) is 3. The molecule has 0 spiro atoms. The lowest BCUT2D eigenvalue weighted by atomic mass is 9.95. The Morgan fingerprint density at radius 2 is 1.59 bits per heavy atom. The summed E-state index contributed by atoms with van der Waals surface area (Å²) in [5.41, 5.74) is 0.824. The van der Waals surface area contributed by atoms with E-state index in [1.807, 2.05) is 52.3 Å². The minimum absolute atomic E-state index is 0.0182. The number of anilines is 1. The van der Waals surface area contributed by atoms with Crippen molar-refractivity contribution in [1.29, 1.82) is 0 Å². The third-order valence-electron chi connectivity index (χ3n) is 5.49. The number of hydrogen-bond donors (Lipinski definition) is 1. The van der Waals surface area contributed by atoms with Crippen LogP contribution in [0.15, 0.2) is 42.5 Å². The van der Waals surface area contributed by atoms with E-state index >= 15 is 0 Å². The summed E-state index contributed by atoms with van der Waals surface area (Å²) in [4.78, 5) is 29.0. The van der Waals surface area contributed by atoms with Crippen molar-refractivity contribution in [2.45, 2.75) is 12.8 Å². The first-order valence-electron chi connectivity index (χ1n) is 9.62. The van der Waals surface area contributed by atoms with Crippen LogP contribution < -0.4 is 5.32 Å². The number of morpholine rings is 1. The van der Waals surface area contributed by atoms with E-state index in [2.05, 4.69) is 5.32 Å². The van der Waals surface area contributed by atoms with Crippen molar-refractivity contribution in [1.82, 2.24) is 9.80 Å². The van der Waals surface area contributed by atoms with Crippen LogP contribution in [-0.4, -0.2) is 61.1 Å². The van der Waals surface area contributed by atoms with Crippen LogP contribution in [0.2, 0.25) is 0 Å². The topological polar surface area (TPSA) is 61.9 Å². The van der Waals surface area contributed by atoms with E-state index in [1.54, 1.807) is 0 Å². The molecule has 2 aromatic rings. The lowest BCUT2D eigenvalue weighted by Gasteiger charge is -2.35. The van der Waals surface area contributed by atoms with E-state index < -0.39 is 0 Å². The van der Waals surface area contributed by atoms with Crippen LogP contribution in [-0.2, 0) is 9.53 Å². The summed E-state index contributed by atoms with van der Waals surface area (Å²) in [6.07, 6.45) is 1.44. The lowest BCUT2D eigenvalue weighted by Crippen LogP contribution is -2.48. The van der Waals surface area contributed by atoms with Gasteiger partial charge in [0.05, 0.1) is 18.9 Å². The van der Waals surface area contributed by atoms with Gasteiger partial charge in [-0.15, -0.1) is 0 Å². The van der Waals surface area contributed by atoms with E-state index in [1.165, 1.54) is 0 Å². The smallest absolute Gasteiger partial charge is 0.321 e. The molecule has 2 aliphatic rings. The Bertz CT molecular complexity index is 819. The highest BCUT2D eigenvalue weighted by molar-refractivity contribution is 6.01. The van der Waals surface area contributed by atoms with Crippen molar-refractivity contribution >= 4 is 28.4 Å². The number of likely N-dealkylation sites (tertiary alicyclic amines) is 1. The second kappa shape index (κ2) is 7.96. The zero-order chi connectivity index (χ0) is 18.6. The van der Waals surface area contributed by atoms with Crippen LogP contribution >= 0.6 is 0 Å². The quantitative estimate of drug-likeness (QED) is 0.888. The number of nitrogens with zero attached hydrogens (tertiary/aromatic N) is 2. The summed E-state index contributed by atoms with van der Waals surface area (Å²) in [6, 6.07) is 13.8. The summed E-state index contributed by atoms with van der Waals surface area (Å²) >= 11 is 0. The van der Waals surface area contributed by atoms with Gasteiger partial charge in [-0.3, -0.25) is 4.79 Å². The van der Waals surface area contributed by atoms with Crippen LogP contribution in [0.4, 0.5) is 10.5 Å². The molecule has 3 amide bonds. The molecule has 6 heteroatoms. The maximum atomic E-state index is 12.7. The fourth-order valence-corrected chi connectivity index (χ4v) is 3.90. The zero-order valence-corrected chi connectivity index (χ0v) is 15.4. The Balaban J connectivity index is 1.35. The van der Waals surface area contributed by atoms with Gasteiger partial charge in [0.2, 0.25) is 5.91 Å². The van der Waals surface area contributed by atoms with Gasteiger partial charge in [0.25, 0.3) is 0 Å². The Hall–Kier alpha value is -2.60. The molecular weight excluding hydrogens is 342 g/mol.